The molecule has 3 aromatic rings. The highest BCUT2D eigenvalue weighted by molar-refractivity contribution is 5.96. The number of nitrogens with zero attached hydrogens (tertiary/aromatic N) is 1. The Morgan fingerprint density at radius 1 is 1.05 bits per heavy atom. The van der Waals surface area contributed by atoms with E-state index in [1.54, 1.807) is 6.20 Å². The van der Waals surface area contributed by atoms with Crippen molar-refractivity contribution in [1.29, 1.82) is 0 Å². The van der Waals surface area contributed by atoms with E-state index in [4.69, 9.17) is 5.73 Å². The van der Waals surface area contributed by atoms with Crippen LogP contribution in [0.15, 0.2) is 54.7 Å². The minimum absolute atomic E-state index is 0.754. The summed E-state index contributed by atoms with van der Waals surface area (Å²) < 4.78 is 0. The molecule has 0 atom stereocenters. The standard InChI is InChI=1S/C17H17N3/c1-12-5-2-3-6-13(12)11-20-16-9-8-15-14(17(16)18)7-4-10-19-15/h2-10,20H,11,18H2,1H3. The van der Waals surface area contributed by atoms with Crippen LogP contribution in [-0.4, -0.2) is 4.98 Å². The van der Waals surface area contributed by atoms with Gasteiger partial charge in [-0.05, 0) is 42.3 Å². The third kappa shape index (κ3) is 2.30. The SMILES string of the molecule is Cc1ccccc1CNc1ccc2ncccc2c1N. The number of pyridine rings is 1. The van der Waals surface area contributed by atoms with Crippen molar-refractivity contribution in [3.05, 3.63) is 65.9 Å². The summed E-state index contributed by atoms with van der Waals surface area (Å²) in [7, 11) is 0. The van der Waals surface area contributed by atoms with Gasteiger partial charge in [0, 0.05) is 18.1 Å². The van der Waals surface area contributed by atoms with Gasteiger partial charge in [0.25, 0.3) is 0 Å². The number of benzene rings is 2. The number of fused-ring (bicyclic) bond motifs is 1. The normalized spacial score (nSPS) is 10.7. The maximum Gasteiger partial charge on any atom is 0.0724 e. The fourth-order valence-corrected chi connectivity index (χ4v) is 2.33. The maximum absolute atomic E-state index is 6.22. The van der Waals surface area contributed by atoms with Crippen molar-refractivity contribution in [2.75, 3.05) is 11.1 Å². The van der Waals surface area contributed by atoms with Crippen molar-refractivity contribution in [3.63, 3.8) is 0 Å². The van der Waals surface area contributed by atoms with Crippen LogP contribution in [0.1, 0.15) is 11.1 Å². The molecule has 3 heteroatoms. The molecule has 0 unspecified atom stereocenters. The van der Waals surface area contributed by atoms with E-state index in [0.717, 1.165) is 28.8 Å². The van der Waals surface area contributed by atoms with Gasteiger partial charge in [-0.1, -0.05) is 24.3 Å². The first-order valence-corrected chi connectivity index (χ1v) is 6.67. The first kappa shape index (κ1) is 12.5. The Kier molecular flexibility index (Phi) is 3.25. The fraction of sp³-hybridized carbons (Fsp3) is 0.118. The van der Waals surface area contributed by atoms with E-state index in [2.05, 4.69) is 41.5 Å². The van der Waals surface area contributed by atoms with Crippen molar-refractivity contribution in [3.8, 4) is 0 Å². The summed E-state index contributed by atoms with van der Waals surface area (Å²) in [5, 5.41) is 4.40. The van der Waals surface area contributed by atoms with Gasteiger partial charge >= 0.3 is 0 Å². The maximum atomic E-state index is 6.22. The molecule has 3 nitrogen and oxygen atoms in total. The quantitative estimate of drug-likeness (QED) is 0.708. The molecule has 0 aliphatic carbocycles. The molecule has 20 heavy (non-hydrogen) atoms. The topological polar surface area (TPSA) is 50.9 Å². The van der Waals surface area contributed by atoms with E-state index >= 15 is 0 Å². The van der Waals surface area contributed by atoms with Crippen molar-refractivity contribution in [1.82, 2.24) is 4.98 Å². The molecule has 0 spiro atoms. The summed E-state index contributed by atoms with van der Waals surface area (Å²) in [5.74, 6) is 0. The van der Waals surface area contributed by atoms with Crippen LogP contribution in [0, 0.1) is 6.92 Å². The highest BCUT2D eigenvalue weighted by atomic mass is 14.9. The molecule has 0 bridgehead atoms. The number of nitrogen functional groups attached to an aromatic ring is 1. The number of hydrogen-bond acceptors (Lipinski definition) is 3. The molecule has 2 aromatic carbocycles. The van der Waals surface area contributed by atoms with Crippen LogP contribution in [-0.2, 0) is 6.54 Å². The first-order chi connectivity index (χ1) is 9.75. The van der Waals surface area contributed by atoms with E-state index in [1.807, 2.05) is 24.3 Å². The van der Waals surface area contributed by atoms with Crippen molar-refractivity contribution < 1.29 is 0 Å². The van der Waals surface area contributed by atoms with E-state index < -0.39 is 0 Å². The third-order valence-corrected chi connectivity index (χ3v) is 3.56. The van der Waals surface area contributed by atoms with Crippen molar-refractivity contribution in [2.24, 2.45) is 0 Å². The lowest BCUT2D eigenvalue weighted by Crippen LogP contribution is -2.04. The molecule has 0 aliphatic rings. The molecule has 0 amide bonds. The van der Waals surface area contributed by atoms with Crippen LogP contribution in [0.2, 0.25) is 0 Å². The molecule has 1 aromatic heterocycles. The highest BCUT2D eigenvalue weighted by Gasteiger charge is 2.05. The summed E-state index contributed by atoms with van der Waals surface area (Å²) >= 11 is 0. The van der Waals surface area contributed by atoms with Crippen LogP contribution in [0.3, 0.4) is 0 Å². The second-order valence-corrected chi connectivity index (χ2v) is 4.88. The minimum atomic E-state index is 0.754. The highest BCUT2D eigenvalue weighted by Crippen LogP contribution is 2.27. The van der Waals surface area contributed by atoms with Gasteiger partial charge in [-0.2, -0.15) is 0 Å². The number of rotatable bonds is 3. The summed E-state index contributed by atoms with van der Waals surface area (Å²) in [6, 6.07) is 16.2. The second-order valence-electron chi connectivity index (χ2n) is 4.88. The van der Waals surface area contributed by atoms with Gasteiger partial charge in [0.05, 0.1) is 16.9 Å². The molecule has 3 N–H and O–H groups in total. The number of hydrogen-bond donors (Lipinski definition) is 2. The van der Waals surface area contributed by atoms with Gasteiger partial charge in [-0.3, -0.25) is 4.98 Å². The fourth-order valence-electron chi connectivity index (χ4n) is 2.33. The van der Waals surface area contributed by atoms with Gasteiger partial charge in [0.15, 0.2) is 0 Å². The molecular weight excluding hydrogens is 246 g/mol. The molecule has 0 saturated heterocycles. The summed E-state index contributed by atoms with van der Waals surface area (Å²) in [4.78, 5) is 4.31. The Morgan fingerprint density at radius 2 is 1.90 bits per heavy atom. The number of anilines is 2. The zero-order chi connectivity index (χ0) is 13.9. The summed E-state index contributed by atoms with van der Waals surface area (Å²) in [5.41, 5.74) is 11.4. The average Bonchev–Trinajstić information content (AvgIpc) is 2.48. The van der Waals surface area contributed by atoms with Crippen LogP contribution in [0.5, 0.6) is 0 Å². The van der Waals surface area contributed by atoms with Gasteiger partial charge in [-0.15, -0.1) is 0 Å². The van der Waals surface area contributed by atoms with Crippen LogP contribution < -0.4 is 11.1 Å². The number of nitrogens with one attached hydrogen (secondary N) is 1. The lowest BCUT2D eigenvalue weighted by atomic mass is 10.1. The molecule has 0 saturated carbocycles. The number of aromatic nitrogens is 1. The second kappa shape index (κ2) is 5.21. The summed E-state index contributed by atoms with van der Waals surface area (Å²) in [6.07, 6.45) is 1.78. The Morgan fingerprint density at radius 3 is 2.75 bits per heavy atom. The van der Waals surface area contributed by atoms with E-state index in [1.165, 1.54) is 11.1 Å². The van der Waals surface area contributed by atoms with Gasteiger partial charge in [0.1, 0.15) is 0 Å². The molecule has 0 aliphatic heterocycles. The van der Waals surface area contributed by atoms with E-state index in [9.17, 15) is 0 Å². The Balaban J connectivity index is 1.88. The minimum Gasteiger partial charge on any atom is -0.397 e. The smallest absolute Gasteiger partial charge is 0.0724 e. The van der Waals surface area contributed by atoms with Crippen molar-refractivity contribution in [2.45, 2.75) is 13.5 Å². The zero-order valence-electron chi connectivity index (χ0n) is 11.4. The molecular formula is C17H17N3. The monoisotopic (exact) mass is 263 g/mol. The third-order valence-electron chi connectivity index (χ3n) is 3.56. The van der Waals surface area contributed by atoms with Crippen LogP contribution in [0.4, 0.5) is 11.4 Å². The van der Waals surface area contributed by atoms with Gasteiger partial charge in [0.2, 0.25) is 0 Å². The van der Waals surface area contributed by atoms with Gasteiger partial charge in [-0.25, -0.2) is 0 Å². The predicted molar refractivity (Wildman–Crippen MR) is 84.7 cm³/mol. The average molecular weight is 263 g/mol. The molecule has 3 rings (SSSR count). The summed E-state index contributed by atoms with van der Waals surface area (Å²) in [6.45, 7) is 2.88. The predicted octanol–water partition coefficient (Wildman–Crippen LogP) is 3.74. The van der Waals surface area contributed by atoms with Crippen LogP contribution in [0.25, 0.3) is 10.9 Å². The van der Waals surface area contributed by atoms with Gasteiger partial charge < -0.3 is 11.1 Å². The van der Waals surface area contributed by atoms with Crippen LogP contribution >= 0.6 is 0 Å². The lowest BCUT2D eigenvalue weighted by Gasteiger charge is -2.12. The lowest BCUT2D eigenvalue weighted by molar-refractivity contribution is 1.12. The molecule has 100 valence electrons. The molecule has 0 radical (unpaired) electrons. The largest absolute Gasteiger partial charge is 0.397 e. The first-order valence-electron chi connectivity index (χ1n) is 6.67. The van der Waals surface area contributed by atoms with E-state index in [0.29, 0.717) is 0 Å². The molecule has 0 fully saturated rings. The number of aryl methyl sites for hydroxylation is 1. The molecule has 1 heterocycles. The Hall–Kier alpha value is -2.55. The Labute approximate surface area is 118 Å². The number of nitrogens with two attached hydrogens (primary N) is 1. The van der Waals surface area contributed by atoms with Crippen molar-refractivity contribution >= 4 is 22.3 Å². The Bertz CT molecular complexity index is 750. The zero-order valence-corrected chi connectivity index (χ0v) is 11.4. The van der Waals surface area contributed by atoms with E-state index in [-0.39, 0.29) is 0 Å².